The molecule has 2 heterocycles. The molecule has 158 valence electrons. The Hall–Kier alpha value is -1.96. The highest BCUT2D eigenvalue weighted by Gasteiger charge is 2.14. The Morgan fingerprint density at radius 2 is 2.03 bits per heavy atom. The van der Waals surface area contributed by atoms with E-state index in [4.69, 9.17) is 14.5 Å². The van der Waals surface area contributed by atoms with Crippen LogP contribution >= 0.6 is 11.3 Å². The molecule has 29 heavy (non-hydrogen) atoms. The first-order chi connectivity index (χ1) is 14.1. The molecule has 1 fully saturated rings. The van der Waals surface area contributed by atoms with E-state index < -0.39 is 0 Å². The number of aromatic nitrogens is 1. The molecule has 1 aromatic carbocycles. The Morgan fingerprint density at radius 1 is 1.24 bits per heavy atom. The molecular weight excluding hydrogens is 386 g/mol. The van der Waals surface area contributed by atoms with Gasteiger partial charge < -0.3 is 14.0 Å². The molecule has 3 rings (SSSR count). The lowest BCUT2D eigenvalue weighted by molar-refractivity contribution is -0.142. The van der Waals surface area contributed by atoms with Crippen LogP contribution in [0.4, 0.5) is 5.69 Å². The van der Waals surface area contributed by atoms with Crippen molar-refractivity contribution in [3.8, 4) is 0 Å². The van der Waals surface area contributed by atoms with Crippen molar-refractivity contribution in [3.63, 3.8) is 0 Å². The minimum absolute atomic E-state index is 0.189. The molecule has 0 aliphatic carbocycles. The fraction of sp³-hybridized carbons (Fsp3) is 0.545. The van der Waals surface area contributed by atoms with Gasteiger partial charge in [-0.15, -0.1) is 11.3 Å². The first-order valence-corrected chi connectivity index (χ1v) is 11.2. The minimum atomic E-state index is -0.189. The number of hydrogen-bond acceptors (Lipinski definition) is 6. The van der Waals surface area contributed by atoms with Crippen LogP contribution in [0, 0.1) is 13.8 Å². The van der Waals surface area contributed by atoms with Crippen LogP contribution in [0.2, 0.25) is 0 Å². The molecule has 0 spiro atoms. The topological polar surface area (TPSA) is 56.1 Å². The van der Waals surface area contributed by atoms with E-state index >= 15 is 0 Å². The van der Waals surface area contributed by atoms with Crippen molar-refractivity contribution in [2.45, 2.75) is 40.2 Å². The van der Waals surface area contributed by atoms with Gasteiger partial charge in [-0.25, -0.2) is 4.99 Å². The van der Waals surface area contributed by atoms with Gasteiger partial charge in [0, 0.05) is 37.3 Å². The van der Waals surface area contributed by atoms with Crippen molar-refractivity contribution in [3.05, 3.63) is 45.2 Å². The molecule has 0 unspecified atom stereocenters. The van der Waals surface area contributed by atoms with Gasteiger partial charge in [-0.3, -0.25) is 9.69 Å². The molecule has 0 saturated carbocycles. The van der Waals surface area contributed by atoms with Crippen molar-refractivity contribution in [1.82, 2.24) is 9.47 Å². The van der Waals surface area contributed by atoms with Gasteiger partial charge in [-0.2, -0.15) is 0 Å². The number of morpholine rings is 1. The first kappa shape index (κ1) is 21.7. The maximum absolute atomic E-state index is 12.1. The molecule has 0 amide bonds. The molecule has 7 heteroatoms. The van der Waals surface area contributed by atoms with Crippen molar-refractivity contribution in [1.29, 1.82) is 0 Å². The van der Waals surface area contributed by atoms with E-state index in [-0.39, 0.29) is 12.4 Å². The van der Waals surface area contributed by atoms with Gasteiger partial charge in [0.1, 0.15) is 0 Å². The Morgan fingerprint density at radius 3 is 2.79 bits per heavy atom. The molecule has 6 nitrogen and oxygen atoms in total. The summed E-state index contributed by atoms with van der Waals surface area (Å²) in [5.74, 6) is -0.189. The van der Waals surface area contributed by atoms with Crippen molar-refractivity contribution in [2.24, 2.45) is 4.99 Å². The zero-order valence-corrected chi connectivity index (χ0v) is 18.5. The predicted molar refractivity (Wildman–Crippen MR) is 116 cm³/mol. The smallest absolute Gasteiger partial charge is 0.311 e. The monoisotopic (exact) mass is 417 g/mol. The van der Waals surface area contributed by atoms with E-state index in [1.165, 1.54) is 11.1 Å². The van der Waals surface area contributed by atoms with Crippen molar-refractivity contribution < 1.29 is 14.3 Å². The zero-order valence-electron chi connectivity index (χ0n) is 17.6. The van der Waals surface area contributed by atoms with Gasteiger partial charge in [-0.1, -0.05) is 12.1 Å². The number of carbonyl (C=O) groups is 1. The fourth-order valence-electron chi connectivity index (χ4n) is 3.43. The second kappa shape index (κ2) is 10.7. The SMILES string of the molecule is CCOC(=O)Cc1csc(=Nc2cccc(C)c2C)n1CCCN1CCOCC1. The number of ether oxygens (including phenoxy) is 2. The summed E-state index contributed by atoms with van der Waals surface area (Å²) in [6, 6.07) is 6.19. The lowest BCUT2D eigenvalue weighted by Gasteiger charge is -2.26. The van der Waals surface area contributed by atoms with E-state index in [2.05, 4.69) is 29.4 Å². The Kier molecular flexibility index (Phi) is 8.03. The van der Waals surface area contributed by atoms with E-state index in [0.717, 1.165) is 62.0 Å². The average Bonchev–Trinajstić information content (AvgIpc) is 3.08. The highest BCUT2D eigenvalue weighted by atomic mass is 32.1. The summed E-state index contributed by atoms with van der Waals surface area (Å²) in [6.45, 7) is 11.9. The maximum Gasteiger partial charge on any atom is 0.311 e. The van der Waals surface area contributed by atoms with Crippen LogP contribution < -0.4 is 4.80 Å². The largest absolute Gasteiger partial charge is 0.466 e. The molecular formula is C22H31N3O3S. The van der Waals surface area contributed by atoms with Crippen molar-refractivity contribution >= 4 is 23.0 Å². The van der Waals surface area contributed by atoms with Gasteiger partial charge in [-0.05, 0) is 44.4 Å². The molecule has 0 radical (unpaired) electrons. The third-order valence-corrected chi connectivity index (χ3v) is 6.17. The molecule has 2 aromatic rings. The summed E-state index contributed by atoms with van der Waals surface area (Å²) in [4.78, 5) is 20.4. The van der Waals surface area contributed by atoms with E-state index in [1.807, 2.05) is 24.4 Å². The highest BCUT2D eigenvalue weighted by Crippen LogP contribution is 2.21. The first-order valence-electron chi connectivity index (χ1n) is 10.3. The molecule has 1 saturated heterocycles. The molecule has 0 atom stereocenters. The third kappa shape index (κ3) is 6.01. The maximum atomic E-state index is 12.1. The van der Waals surface area contributed by atoms with Gasteiger partial charge in [0.05, 0.1) is 31.9 Å². The number of nitrogens with zero attached hydrogens (tertiary/aromatic N) is 3. The predicted octanol–water partition coefficient (Wildman–Crippen LogP) is 3.23. The second-order valence-electron chi connectivity index (χ2n) is 7.28. The number of thiazole rings is 1. The fourth-order valence-corrected chi connectivity index (χ4v) is 4.37. The molecule has 1 aliphatic heterocycles. The number of carbonyl (C=O) groups excluding carboxylic acids is 1. The van der Waals surface area contributed by atoms with Crippen LogP contribution in [0.5, 0.6) is 0 Å². The summed E-state index contributed by atoms with van der Waals surface area (Å²) in [6.07, 6.45) is 1.29. The Labute approximate surface area is 176 Å². The lowest BCUT2D eigenvalue weighted by atomic mass is 10.1. The molecule has 1 aromatic heterocycles. The number of hydrogen-bond donors (Lipinski definition) is 0. The van der Waals surface area contributed by atoms with Gasteiger partial charge in [0.15, 0.2) is 4.80 Å². The highest BCUT2D eigenvalue weighted by molar-refractivity contribution is 7.07. The van der Waals surface area contributed by atoms with Crippen LogP contribution in [0.1, 0.15) is 30.2 Å². The summed E-state index contributed by atoms with van der Waals surface area (Å²) < 4.78 is 12.8. The van der Waals surface area contributed by atoms with E-state index in [1.54, 1.807) is 11.3 Å². The summed E-state index contributed by atoms with van der Waals surface area (Å²) in [5.41, 5.74) is 4.37. The lowest BCUT2D eigenvalue weighted by Crippen LogP contribution is -2.37. The van der Waals surface area contributed by atoms with Gasteiger partial charge in [0.2, 0.25) is 0 Å². The standard InChI is InChI=1S/C22H31N3O3S/c1-4-28-21(26)15-19-16-29-22(23-20-8-5-7-17(2)18(20)3)25(19)10-6-9-24-11-13-27-14-12-24/h5,7-8,16H,4,6,9-15H2,1-3H3. The number of rotatable bonds is 8. The summed E-state index contributed by atoms with van der Waals surface area (Å²) in [7, 11) is 0. The molecule has 1 aliphatic rings. The number of benzene rings is 1. The Bertz CT molecular complexity index is 882. The third-order valence-electron chi connectivity index (χ3n) is 5.26. The van der Waals surface area contributed by atoms with Crippen LogP contribution in [-0.4, -0.2) is 54.9 Å². The van der Waals surface area contributed by atoms with Crippen LogP contribution in [0.15, 0.2) is 28.6 Å². The molecule has 0 N–H and O–H groups in total. The quantitative estimate of drug-likeness (QED) is 0.619. The normalized spacial score (nSPS) is 15.6. The van der Waals surface area contributed by atoms with Gasteiger partial charge >= 0.3 is 5.97 Å². The summed E-state index contributed by atoms with van der Waals surface area (Å²) in [5, 5.41) is 2.04. The van der Waals surface area contributed by atoms with Crippen molar-refractivity contribution in [2.75, 3.05) is 39.5 Å². The van der Waals surface area contributed by atoms with Crippen LogP contribution in [0.3, 0.4) is 0 Å². The van der Waals surface area contributed by atoms with Crippen LogP contribution in [0.25, 0.3) is 0 Å². The second-order valence-corrected chi connectivity index (χ2v) is 8.12. The van der Waals surface area contributed by atoms with Gasteiger partial charge in [0.25, 0.3) is 0 Å². The number of aryl methyl sites for hydroxylation is 1. The summed E-state index contributed by atoms with van der Waals surface area (Å²) >= 11 is 1.59. The van der Waals surface area contributed by atoms with Crippen LogP contribution in [-0.2, 0) is 27.2 Å². The average molecular weight is 418 g/mol. The number of esters is 1. The van der Waals surface area contributed by atoms with E-state index in [0.29, 0.717) is 6.61 Å². The zero-order chi connectivity index (χ0) is 20.6. The molecule has 0 bridgehead atoms. The minimum Gasteiger partial charge on any atom is -0.466 e. The Balaban J connectivity index is 1.82. The van der Waals surface area contributed by atoms with E-state index in [9.17, 15) is 4.79 Å².